The molecule has 3 rings (SSSR count). The van der Waals surface area contributed by atoms with E-state index in [4.69, 9.17) is 10.7 Å². The van der Waals surface area contributed by atoms with Gasteiger partial charge in [0.15, 0.2) is 0 Å². The minimum atomic E-state index is 0. The van der Waals surface area contributed by atoms with Gasteiger partial charge >= 0.3 is 0 Å². The number of rotatable bonds is 3. The summed E-state index contributed by atoms with van der Waals surface area (Å²) in [6.07, 6.45) is 0. The summed E-state index contributed by atoms with van der Waals surface area (Å²) in [7, 11) is 0. The number of benzene rings is 1. The van der Waals surface area contributed by atoms with Gasteiger partial charge in [0.2, 0.25) is 0 Å². The number of nitrogens with two attached hydrogens (primary N) is 1. The van der Waals surface area contributed by atoms with Crippen molar-refractivity contribution in [1.82, 2.24) is 9.88 Å². The highest BCUT2D eigenvalue weighted by Gasteiger charge is 2.26. The molecule has 0 aliphatic carbocycles. The van der Waals surface area contributed by atoms with Crippen LogP contribution in [0.4, 0.5) is 0 Å². The van der Waals surface area contributed by atoms with Crippen LogP contribution in [0.25, 0.3) is 10.6 Å². The van der Waals surface area contributed by atoms with Crippen LogP contribution in [-0.2, 0) is 6.54 Å². The first-order chi connectivity index (χ1) is 9.61. The molecule has 5 heteroatoms. The highest BCUT2D eigenvalue weighted by Crippen LogP contribution is 2.25. The third-order valence-corrected chi connectivity index (χ3v) is 4.92. The molecule has 1 aromatic carbocycles. The van der Waals surface area contributed by atoms with Crippen LogP contribution < -0.4 is 5.73 Å². The number of hydrogen-bond acceptors (Lipinski definition) is 4. The van der Waals surface area contributed by atoms with Gasteiger partial charge in [-0.2, -0.15) is 0 Å². The van der Waals surface area contributed by atoms with Crippen LogP contribution in [0.1, 0.15) is 18.2 Å². The normalized spacial score (nSPS) is 22.2. The summed E-state index contributed by atoms with van der Waals surface area (Å²) in [4.78, 5) is 7.17. The van der Waals surface area contributed by atoms with Gasteiger partial charge in [0.05, 0.1) is 5.69 Å². The molecule has 21 heavy (non-hydrogen) atoms. The zero-order chi connectivity index (χ0) is 14.1. The molecule has 1 aromatic heterocycles. The number of thiazole rings is 1. The molecule has 1 aliphatic rings. The summed E-state index contributed by atoms with van der Waals surface area (Å²) < 4.78 is 0. The van der Waals surface area contributed by atoms with Crippen LogP contribution in [0.5, 0.6) is 0 Å². The lowest BCUT2D eigenvalue weighted by atomic mass is 10.1. The number of hydrogen-bond donors (Lipinski definition) is 1. The Morgan fingerprint density at radius 1 is 1.29 bits per heavy atom. The fraction of sp³-hybridized carbons (Fsp3) is 0.438. The topological polar surface area (TPSA) is 42.2 Å². The third kappa shape index (κ3) is 3.83. The summed E-state index contributed by atoms with van der Waals surface area (Å²) in [5.41, 5.74) is 9.72. The summed E-state index contributed by atoms with van der Waals surface area (Å²) in [6, 6.07) is 8.87. The second kappa shape index (κ2) is 6.88. The van der Waals surface area contributed by atoms with Gasteiger partial charge in [0.1, 0.15) is 5.01 Å². The van der Waals surface area contributed by atoms with Gasteiger partial charge in [-0.25, -0.2) is 4.98 Å². The minimum Gasteiger partial charge on any atom is -0.326 e. The van der Waals surface area contributed by atoms with Crippen molar-refractivity contribution in [2.75, 3.05) is 13.1 Å². The Kier molecular flexibility index (Phi) is 5.38. The van der Waals surface area contributed by atoms with Crippen molar-refractivity contribution in [1.29, 1.82) is 0 Å². The highest BCUT2D eigenvalue weighted by molar-refractivity contribution is 7.13. The SMILES string of the molecule is Cc1ccc(-c2nc(CN3CC(C)C(N)C3)cs2)cc1.Cl. The molecular weight excluding hydrogens is 302 g/mol. The zero-order valence-electron chi connectivity index (χ0n) is 12.5. The summed E-state index contributed by atoms with van der Waals surface area (Å²) in [6.45, 7) is 7.32. The Hall–Kier alpha value is -0.940. The van der Waals surface area contributed by atoms with E-state index in [1.54, 1.807) is 11.3 Å². The molecule has 114 valence electrons. The molecular formula is C16H22ClN3S. The first-order valence-electron chi connectivity index (χ1n) is 7.11. The summed E-state index contributed by atoms with van der Waals surface area (Å²) in [5.74, 6) is 0.588. The Morgan fingerprint density at radius 2 is 2.00 bits per heavy atom. The summed E-state index contributed by atoms with van der Waals surface area (Å²) >= 11 is 1.72. The molecule has 1 aliphatic heterocycles. The van der Waals surface area contributed by atoms with Crippen molar-refractivity contribution in [3.63, 3.8) is 0 Å². The van der Waals surface area contributed by atoms with Crippen molar-refractivity contribution >= 4 is 23.7 Å². The molecule has 2 unspecified atom stereocenters. The molecule has 3 nitrogen and oxygen atoms in total. The Morgan fingerprint density at radius 3 is 2.62 bits per heavy atom. The van der Waals surface area contributed by atoms with Gasteiger partial charge < -0.3 is 5.73 Å². The second-order valence-corrected chi connectivity index (χ2v) is 6.70. The van der Waals surface area contributed by atoms with E-state index in [0.29, 0.717) is 12.0 Å². The van der Waals surface area contributed by atoms with E-state index in [2.05, 4.69) is 48.4 Å². The average Bonchev–Trinajstić information content (AvgIpc) is 2.99. The molecule has 0 radical (unpaired) electrons. The molecule has 0 saturated carbocycles. The number of halogens is 1. The predicted octanol–water partition coefficient (Wildman–Crippen LogP) is 3.32. The standard InChI is InChI=1S/C16H21N3S.ClH/c1-11-3-5-13(6-4-11)16-18-14(10-20-16)8-19-7-12(2)15(17)9-19;/h3-6,10,12,15H,7-9,17H2,1-2H3;1H. The van der Waals surface area contributed by atoms with Crippen molar-refractivity contribution in [3.05, 3.63) is 40.9 Å². The fourth-order valence-electron chi connectivity index (χ4n) is 2.66. The lowest BCUT2D eigenvalue weighted by Crippen LogP contribution is -2.28. The predicted molar refractivity (Wildman–Crippen MR) is 92.0 cm³/mol. The van der Waals surface area contributed by atoms with Crippen LogP contribution >= 0.6 is 23.7 Å². The van der Waals surface area contributed by atoms with E-state index in [9.17, 15) is 0 Å². The monoisotopic (exact) mass is 323 g/mol. The number of aromatic nitrogens is 1. The molecule has 2 aromatic rings. The average molecular weight is 324 g/mol. The van der Waals surface area contributed by atoms with E-state index in [1.807, 2.05) is 0 Å². The minimum absolute atomic E-state index is 0. The van der Waals surface area contributed by atoms with Crippen molar-refractivity contribution in [2.45, 2.75) is 26.4 Å². The fourth-order valence-corrected chi connectivity index (χ4v) is 3.48. The van der Waals surface area contributed by atoms with Gasteiger partial charge in [-0.15, -0.1) is 23.7 Å². The van der Waals surface area contributed by atoms with Gasteiger partial charge in [0, 0.05) is 36.6 Å². The van der Waals surface area contributed by atoms with Gasteiger partial charge in [-0.1, -0.05) is 36.8 Å². The van der Waals surface area contributed by atoms with Gasteiger partial charge in [-0.05, 0) is 12.8 Å². The Labute approximate surface area is 136 Å². The van der Waals surface area contributed by atoms with E-state index in [0.717, 1.165) is 30.3 Å². The number of aryl methyl sites for hydroxylation is 1. The van der Waals surface area contributed by atoms with Gasteiger partial charge in [-0.3, -0.25) is 4.90 Å². The van der Waals surface area contributed by atoms with Gasteiger partial charge in [0.25, 0.3) is 0 Å². The molecule has 0 bridgehead atoms. The Balaban J connectivity index is 0.00000161. The molecule has 2 N–H and O–H groups in total. The Bertz CT molecular complexity index is 571. The maximum Gasteiger partial charge on any atom is 0.123 e. The molecule has 1 saturated heterocycles. The zero-order valence-corrected chi connectivity index (χ0v) is 14.1. The number of likely N-dealkylation sites (tertiary alicyclic amines) is 1. The lowest BCUT2D eigenvalue weighted by molar-refractivity contribution is 0.315. The number of nitrogens with zero attached hydrogens (tertiary/aromatic N) is 2. The lowest BCUT2D eigenvalue weighted by Gasteiger charge is -2.12. The first-order valence-corrected chi connectivity index (χ1v) is 7.99. The molecule has 2 atom stereocenters. The van der Waals surface area contributed by atoms with Crippen LogP contribution in [0.3, 0.4) is 0 Å². The molecule has 0 spiro atoms. The smallest absolute Gasteiger partial charge is 0.123 e. The van der Waals surface area contributed by atoms with Crippen LogP contribution in [0.15, 0.2) is 29.6 Å². The van der Waals surface area contributed by atoms with Crippen LogP contribution in [0, 0.1) is 12.8 Å². The van der Waals surface area contributed by atoms with Crippen molar-refractivity contribution in [2.24, 2.45) is 11.7 Å². The van der Waals surface area contributed by atoms with Crippen LogP contribution in [0.2, 0.25) is 0 Å². The van der Waals surface area contributed by atoms with E-state index < -0.39 is 0 Å². The molecule has 2 heterocycles. The maximum atomic E-state index is 6.07. The highest BCUT2D eigenvalue weighted by atomic mass is 35.5. The second-order valence-electron chi connectivity index (χ2n) is 5.85. The largest absolute Gasteiger partial charge is 0.326 e. The van der Waals surface area contributed by atoms with E-state index in [1.165, 1.54) is 11.1 Å². The maximum absolute atomic E-state index is 6.07. The molecule has 1 fully saturated rings. The van der Waals surface area contributed by atoms with E-state index in [-0.39, 0.29) is 12.4 Å². The quantitative estimate of drug-likeness (QED) is 0.942. The van der Waals surface area contributed by atoms with Crippen LogP contribution in [-0.4, -0.2) is 29.0 Å². The van der Waals surface area contributed by atoms with Crippen molar-refractivity contribution < 1.29 is 0 Å². The first kappa shape index (κ1) is 16.4. The van der Waals surface area contributed by atoms with Crippen molar-refractivity contribution in [3.8, 4) is 10.6 Å². The summed E-state index contributed by atoms with van der Waals surface area (Å²) in [5, 5.41) is 3.28. The van der Waals surface area contributed by atoms with E-state index >= 15 is 0 Å². The molecule has 0 amide bonds. The third-order valence-electron chi connectivity index (χ3n) is 3.98.